The lowest BCUT2D eigenvalue weighted by Gasteiger charge is -2.46. The van der Waals surface area contributed by atoms with E-state index in [1.165, 1.54) is 186 Å². The molecule has 0 radical (unpaired) electrons. The summed E-state index contributed by atoms with van der Waals surface area (Å²) in [5.41, 5.74) is 0. The topological polar surface area (TPSA) is 228 Å². The Bertz CT molecular complexity index is 1820. The second-order valence-electron chi connectivity index (χ2n) is 25.3. The molecule has 2 rings (SSSR count). The monoisotopic (exact) mass is 1260 g/mol. The van der Waals surface area contributed by atoms with Crippen LogP contribution < -0.4 is 5.32 Å². The number of amides is 1. The maximum atomic E-state index is 13.3. The SMILES string of the molecule is CC/C=C\C/C=C\C/C=C\C/C=C\CCCCCCCCCCCCCCCCCCCCCCCCCCC(=O)NC(COC1OC(CO)C(OC2OC(CO)C(O)C(O)C2O)C(O)C1O)C(O)/C=C/CC/C=C/CC/C=C/CCCCCCCCCC. The van der Waals surface area contributed by atoms with E-state index in [1.54, 1.807) is 6.08 Å². The van der Waals surface area contributed by atoms with Crippen molar-refractivity contribution in [1.82, 2.24) is 5.32 Å². The molecule has 0 aromatic heterocycles. The molecule has 14 nitrogen and oxygen atoms in total. The van der Waals surface area contributed by atoms with Crippen molar-refractivity contribution in [2.24, 2.45) is 0 Å². The molecule has 2 heterocycles. The van der Waals surface area contributed by atoms with Gasteiger partial charge >= 0.3 is 0 Å². The van der Waals surface area contributed by atoms with E-state index in [4.69, 9.17) is 18.9 Å². The van der Waals surface area contributed by atoms with Gasteiger partial charge in [0.1, 0.15) is 48.8 Å². The molecule has 0 aromatic rings. The fourth-order valence-corrected chi connectivity index (χ4v) is 11.6. The smallest absolute Gasteiger partial charge is 0.220 e. The summed E-state index contributed by atoms with van der Waals surface area (Å²) in [7, 11) is 0. The second kappa shape index (κ2) is 59.0. The van der Waals surface area contributed by atoms with Crippen molar-refractivity contribution >= 4 is 5.91 Å². The molecule has 0 aliphatic carbocycles. The van der Waals surface area contributed by atoms with Gasteiger partial charge in [0, 0.05) is 6.42 Å². The van der Waals surface area contributed by atoms with Crippen molar-refractivity contribution in [1.29, 1.82) is 0 Å². The summed E-state index contributed by atoms with van der Waals surface area (Å²) >= 11 is 0. The Morgan fingerprint density at radius 3 is 1.24 bits per heavy atom. The van der Waals surface area contributed by atoms with Gasteiger partial charge in [-0.1, -0.05) is 285 Å². The molecule has 14 heteroatoms. The molecule has 89 heavy (non-hydrogen) atoms. The van der Waals surface area contributed by atoms with Crippen LogP contribution in [0.4, 0.5) is 0 Å². The molecule has 2 fully saturated rings. The van der Waals surface area contributed by atoms with Crippen LogP contribution in [-0.4, -0.2) is 140 Å². The van der Waals surface area contributed by atoms with Gasteiger partial charge in [0.2, 0.25) is 5.91 Å². The van der Waals surface area contributed by atoms with Crippen molar-refractivity contribution < 1.29 is 64.6 Å². The minimum atomic E-state index is -1.79. The predicted octanol–water partition coefficient (Wildman–Crippen LogP) is 15.2. The van der Waals surface area contributed by atoms with E-state index in [0.29, 0.717) is 12.8 Å². The maximum Gasteiger partial charge on any atom is 0.220 e. The number of unbranched alkanes of at least 4 members (excludes halogenated alkanes) is 34. The number of aliphatic hydroxyl groups is 8. The first-order chi connectivity index (χ1) is 43.6. The highest BCUT2D eigenvalue weighted by atomic mass is 16.7. The van der Waals surface area contributed by atoms with Crippen LogP contribution in [0.15, 0.2) is 85.1 Å². The van der Waals surface area contributed by atoms with Gasteiger partial charge in [-0.15, -0.1) is 0 Å². The first kappa shape index (κ1) is 82.3. The van der Waals surface area contributed by atoms with E-state index >= 15 is 0 Å². The largest absolute Gasteiger partial charge is 0.394 e. The Balaban J connectivity index is 1.61. The standard InChI is InChI=1S/C75H133NO13/c1-3-5-7-9-11-13-15-17-19-21-23-24-25-26-27-28-29-30-31-32-33-34-35-36-37-38-39-40-41-43-45-47-49-51-53-55-57-59-67(80)76-63(64(79)58-56-54-52-50-48-46-44-42-22-20-18-16-14-12-10-8-6-4-2)62-86-74-72(85)70(83)73(66(61-78)88-74)89-75-71(84)69(82)68(81)65(60-77)87-75/h5,7,11,13,17,19,22-24,42,48,50,56,58,63-66,68-75,77-79,81-85H,3-4,6,8-10,12,14-16,18,20-21,25-41,43-47,49,51-55,57,59-62H2,1-2H3,(H,76,80)/b7-5-,13-11-,19-17-,24-23-,42-22+,50-48+,58-56+. The fourth-order valence-electron chi connectivity index (χ4n) is 11.6. The Hall–Kier alpha value is -2.83. The molecule has 0 bridgehead atoms. The summed E-state index contributed by atoms with van der Waals surface area (Å²) in [5, 5.41) is 87.4. The zero-order valence-electron chi connectivity index (χ0n) is 56.2. The van der Waals surface area contributed by atoms with Crippen molar-refractivity contribution in [3.8, 4) is 0 Å². The van der Waals surface area contributed by atoms with E-state index in [1.807, 2.05) is 6.08 Å². The molecule has 516 valence electrons. The molecule has 12 atom stereocenters. The highest BCUT2D eigenvalue weighted by molar-refractivity contribution is 5.76. The fraction of sp³-hybridized carbons (Fsp3) is 0.800. The quantitative estimate of drug-likeness (QED) is 0.0204. The van der Waals surface area contributed by atoms with E-state index in [0.717, 1.165) is 70.6 Å². The number of rotatable bonds is 59. The summed E-state index contributed by atoms with van der Waals surface area (Å²) in [6.45, 7) is 2.68. The molecular weight excluding hydrogens is 1120 g/mol. The Morgan fingerprint density at radius 2 is 0.787 bits per heavy atom. The molecular formula is C75H133NO13. The average molecular weight is 1260 g/mol. The lowest BCUT2D eigenvalue weighted by molar-refractivity contribution is -0.359. The van der Waals surface area contributed by atoms with E-state index < -0.39 is 86.8 Å². The lowest BCUT2D eigenvalue weighted by Crippen LogP contribution is -2.65. The predicted molar refractivity (Wildman–Crippen MR) is 364 cm³/mol. The molecule has 0 aromatic carbocycles. The van der Waals surface area contributed by atoms with Gasteiger partial charge < -0.3 is 65.1 Å². The van der Waals surface area contributed by atoms with E-state index in [-0.39, 0.29) is 18.9 Å². The van der Waals surface area contributed by atoms with Crippen LogP contribution in [0.2, 0.25) is 0 Å². The number of nitrogens with one attached hydrogen (secondary N) is 1. The second-order valence-corrected chi connectivity index (χ2v) is 25.3. The first-order valence-electron chi connectivity index (χ1n) is 36.3. The third-order valence-corrected chi connectivity index (χ3v) is 17.3. The normalized spacial score (nSPS) is 23.5. The summed E-state index contributed by atoms with van der Waals surface area (Å²) in [6.07, 6.45) is 65.2. The maximum absolute atomic E-state index is 13.3. The number of hydrogen-bond acceptors (Lipinski definition) is 13. The van der Waals surface area contributed by atoms with Crippen LogP contribution in [-0.2, 0) is 23.7 Å². The van der Waals surface area contributed by atoms with Gasteiger partial charge in [-0.05, 0) is 83.5 Å². The van der Waals surface area contributed by atoms with Gasteiger partial charge in [0.05, 0.1) is 32.0 Å². The minimum absolute atomic E-state index is 0.251. The van der Waals surface area contributed by atoms with Crippen molar-refractivity contribution in [3.63, 3.8) is 0 Å². The van der Waals surface area contributed by atoms with Crippen LogP contribution in [0.3, 0.4) is 0 Å². The number of allylic oxidation sites excluding steroid dienone is 13. The summed E-state index contributed by atoms with van der Waals surface area (Å²) in [6, 6.07) is -0.940. The van der Waals surface area contributed by atoms with Crippen molar-refractivity contribution in [3.05, 3.63) is 85.1 Å². The Labute approximate surface area is 541 Å². The number of hydrogen-bond donors (Lipinski definition) is 9. The van der Waals surface area contributed by atoms with Crippen LogP contribution in [0.25, 0.3) is 0 Å². The van der Waals surface area contributed by atoms with Crippen molar-refractivity contribution in [2.45, 2.75) is 364 Å². The van der Waals surface area contributed by atoms with Crippen LogP contribution in [0.1, 0.15) is 290 Å². The van der Waals surface area contributed by atoms with Gasteiger partial charge in [-0.3, -0.25) is 4.79 Å². The number of carbonyl (C=O) groups is 1. The molecule has 1 amide bonds. The summed E-state index contributed by atoms with van der Waals surface area (Å²) in [5.74, 6) is -0.251. The summed E-state index contributed by atoms with van der Waals surface area (Å²) < 4.78 is 22.8. The molecule has 0 saturated carbocycles. The Morgan fingerprint density at radius 1 is 0.416 bits per heavy atom. The van der Waals surface area contributed by atoms with Crippen molar-refractivity contribution in [2.75, 3.05) is 19.8 Å². The molecule has 9 N–H and O–H groups in total. The van der Waals surface area contributed by atoms with Gasteiger partial charge in [0.25, 0.3) is 0 Å². The number of ether oxygens (including phenoxy) is 4. The average Bonchev–Trinajstić information content (AvgIpc) is 1.44. The first-order valence-corrected chi connectivity index (χ1v) is 36.3. The number of carbonyl (C=O) groups excluding carboxylic acids is 1. The Kier molecular flexibility index (Phi) is 54.5. The van der Waals surface area contributed by atoms with E-state index in [2.05, 4.69) is 92.1 Å². The minimum Gasteiger partial charge on any atom is -0.394 e. The number of aliphatic hydroxyl groups excluding tert-OH is 8. The summed E-state index contributed by atoms with van der Waals surface area (Å²) in [4.78, 5) is 13.3. The van der Waals surface area contributed by atoms with Crippen LogP contribution in [0, 0.1) is 0 Å². The lowest BCUT2D eigenvalue weighted by atomic mass is 9.97. The molecule has 2 aliphatic heterocycles. The van der Waals surface area contributed by atoms with Crippen LogP contribution >= 0.6 is 0 Å². The molecule has 0 spiro atoms. The highest BCUT2D eigenvalue weighted by Crippen LogP contribution is 2.30. The van der Waals surface area contributed by atoms with Crippen LogP contribution in [0.5, 0.6) is 0 Å². The zero-order valence-corrected chi connectivity index (χ0v) is 56.2. The highest BCUT2D eigenvalue weighted by Gasteiger charge is 2.51. The third kappa shape index (κ3) is 42.9. The molecule has 12 unspecified atom stereocenters. The van der Waals surface area contributed by atoms with E-state index in [9.17, 15) is 45.6 Å². The molecule has 2 saturated heterocycles. The zero-order chi connectivity index (χ0) is 64.5. The third-order valence-electron chi connectivity index (χ3n) is 17.3. The van der Waals surface area contributed by atoms with Gasteiger partial charge in [-0.25, -0.2) is 0 Å². The van der Waals surface area contributed by atoms with Gasteiger partial charge in [-0.2, -0.15) is 0 Å². The van der Waals surface area contributed by atoms with Gasteiger partial charge in [0.15, 0.2) is 12.6 Å². The molecule has 2 aliphatic rings.